The zero-order valence-corrected chi connectivity index (χ0v) is 11.0. The van der Waals surface area contributed by atoms with E-state index in [0.717, 1.165) is 16.3 Å². The van der Waals surface area contributed by atoms with E-state index in [1.807, 2.05) is 18.2 Å². The minimum atomic E-state index is 0.487. The van der Waals surface area contributed by atoms with Crippen LogP contribution in [-0.2, 0) is 0 Å². The largest absolute Gasteiger partial charge is 0.242 e. The van der Waals surface area contributed by atoms with Gasteiger partial charge in [0.15, 0.2) is 0 Å². The number of pyridine rings is 1. The number of aromatic nitrogens is 1. The van der Waals surface area contributed by atoms with E-state index in [2.05, 4.69) is 21.8 Å². The zero-order valence-electron chi connectivity index (χ0n) is 8.65. The van der Waals surface area contributed by atoms with Gasteiger partial charge in [-0.2, -0.15) is 11.3 Å². The maximum atomic E-state index is 6.10. The molecule has 0 fully saturated rings. The molecule has 0 N–H and O–H groups in total. The molecular formula is C13H7Cl2NS. The van der Waals surface area contributed by atoms with Gasteiger partial charge in [0.25, 0.3) is 0 Å². The highest BCUT2D eigenvalue weighted by atomic mass is 35.5. The van der Waals surface area contributed by atoms with Crippen LogP contribution < -0.4 is 0 Å². The third kappa shape index (κ3) is 1.93. The number of benzene rings is 1. The predicted octanol–water partition coefficient (Wildman–Crippen LogP) is 5.27. The number of hydrogen-bond acceptors (Lipinski definition) is 2. The van der Waals surface area contributed by atoms with E-state index in [-0.39, 0.29) is 0 Å². The first-order valence-electron chi connectivity index (χ1n) is 5.02. The third-order valence-corrected chi connectivity index (χ3v) is 3.93. The molecule has 0 spiro atoms. The van der Waals surface area contributed by atoms with E-state index < -0.39 is 0 Å². The molecule has 2 aromatic heterocycles. The first-order valence-corrected chi connectivity index (χ1v) is 6.72. The van der Waals surface area contributed by atoms with Crippen molar-refractivity contribution < 1.29 is 0 Å². The van der Waals surface area contributed by atoms with Gasteiger partial charge in [0, 0.05) is 17.0 Å². The average Bonchev–Trinajstić information content (AvgIpc) is 2.87. The first kappa shape index (κ1) is 11.0. The summed E-state index contributed by atoms with van der Waals surface area (Å²) in [7, 11) is 0. The lowest BCUT2D eigenvalue weighted by atomic mass is 10.1. The Morgan fingerprint density at radius 1 is 1.00 bits per heavy atom. The number of fused-ring (bicyclic) bond motifs is 1. The number of rotatable bonds is 1. The van der Waals surface area contributed by atoms with Crippen LogP contribution in [0.3, 0.4) is 0 Å². The van der Waals surface area contributed by atoms with Crippen molar-refractivity contribution in [2.75, 3.05) is 0 Å². The molecule has 0 radical (unpaired) electrons. The number of thiophene rings is 1. The molecule has 0 unspecified atom stereocenters. The molecule has 17 heavy (non-hydrogen) atoms. The van der Waals surface area contributed by atoms with E-state index in [9.17, 15) is 0 Å². The highest BCUT2D eigenvalue weighted by Gasteiger charge is 2.06. The summed E-state index contributed by atoms with van der Waals surface area (Å²) in [5.41, 5.74) is 2.32. The molecule has 0 saturated carbocycles. The summed E-state index contributed by atoms with van der Waals surface area (Å²) < 4.78 is 0. The fraction of sp³-hybridized carbons (Fsp3) is 0. The van der Waals surface area contributed by atoms with Gasteiger partial charge in [-0.15, -0.1) is 0 Å². The van der Waals surface area contributed by atoms with Gasteiger partial charge in [0.1, 0.15) is 5.15 Å². The molecule has 84 valence electrons. The van der Waals surface area contributed by atoms with Crippen LogP contribution in [0.25, 0.3) is 21.9 Å². The summed E-state index contributed by atoms with van der Waals surface area (Å²) in [4.78, 5) is 4.07. The topological polar surface area (TPSA) is 12.9 Å². The van der Waals surface area contributed by atoms with Gasteiger partial charge in [-0.1, -0.05) is 35.3 Å². The van der Waals surface area contributed by atoms with Gasteiger partial charge in [0.05, 0.1) is 5.02 Å². The molecule has 0 aliphatic carbocycles. The van der Waals surface area contributed by atoms with E-state index in [1.165, 1.54) is 5.56 Å². The summed E-state index contributed by atoms with van der Waals surface area (Å²) in [6, 6.07) is 8.14. The van der Waals surface area contributed by atoms with Crippen LogP contribution in [-0.4, -0.2) is 4.98 Å². The van der Waals surface area contributed by atoms with Gasteiger partial charge < -0.3 is 0 Å². The van der Waals surface area contributed by atoms with Crippen LogP contribution in [0, 0.1) is 0 Å². The van der Waals surface area contributed by atoms with Crippen molar-refractivity contribution in [1.82, 2.24) is 4.98 Å². The molecule has 0 atom stereocenters. The van der Waals surface area contributed by atoms with Crippen molar-refractivity contribution in [3.63, 3.8) is 0 Å². The zero-order chi connectivity index (χ0) is 11.8. The molecule has 3 aromatic rings. The SMILES string of the molecule is Clc1cnc(Cl)c2cc(-c3ccsc3)ccc12. The van der Waals surface area contributed by atoms with Gasteiger partial charge in [-0.25, -0.2) is 4.98 Å². The number of nitrogens with zero attached hydrogens (tertiary/aromatic N) is 1. The Hall–Kier alpha value is -1.09. The molecule has 0 saturated heterocycles. The summed E-state index contributed by atoms with van der Waals surface area (Å²) >= 11 is 13.9. The molecule has 1 aromatic carbocycles. The lowest BCUT2D eigenvalue weighted by Gasteiger charge is -2.04. The summed E-state index contributed by atoms with van der Waals surface area (Å²) in [6.07, 6.45) is 1.58. The minimum absolute atomic E-state index is 0.487. The second-order valence-corrected chi connectivity index (χ2v) is 5.21. The van der Waals surface area contributed by atoms with Gasteiger partial charge in [-0.05, 0) is 34.0 Å². The Morgan fingerprint density at radius 2 is 1.88 bits per heavy atom. The van der Waals surface area contributed by atoms with E-state index in [0.29, 0.717) is 10.2 Å². The summed E-state index contributed by atoms with van der Waals surface area (Å²) in [5.74, 6) is 0. The molecule has 0 bridgehead atoms. The van der Waals surface area contributed by atoms with Crippen molar-refractivity contribution in [1.29, 1.82) is 0 Å². The Balaban J connectivity index is 2.29. The van der Waals surface area contributed by atoms with Gasteiger partial charge >= 0.3 is 0 Å². The summed E-state index contributed by atoms with van der Waals surface area (Å²) in [5, 5.41) is 7.10. The molecule has 3 rings (SSSR count). The quantitative estimate of drug-likeness (QED) is 0.553. The van der Waals surface area contributed by atoms with Crippen molar-refractivity contribution in [3.8, 4) is 11.1 Å². The monoisotopic (exact) mass is 279 g/mol. The molecule has 4 heteroatoms. The van der Waals surface area contributed by atoms with Crippen molar-refractivity contribution >= 4 is 45.3 Å². The molecule has 1 nitrogen and oxygen atoms in total. The summed E-state index contributed by atoms with van der Waals surface area (Å²) in [6.45, 7) is 0. The Bertz CT molecular complexity index is 677. The lowest BCUT2D eigenvalue weighted by molar-refractivity contribution is 1.36. The van der Waals surface area contributed by atoms with Crippen molar-refractivity contribution in [3.05, 3.63) is 51.4 Å². The number of hydrogen-bond donors (Lipinski definition) is 0. The standard InChI is InChI=1S/C13H7Cl2NS/c14-12-6-16-13(15)11-5-8(1-2-10(11)12)9-3-4-17-7-9/h1-7H. The predicted molar refractivity (Wildman–Crippen MR) is 75.1 cm³/mol. The second kappa shape index (κ2) is 4.30. The van der Waals surface area contributed by atoms with Crippen LogP contribution in [0.4, 0.5) is 0 Å². The second-order valence-electron chi connectivity index (χ2n) is 3.67. The van der Waals surface area contributed by atoms with E-state index in [1.54, 1.807) is 17.5 Å². The Morgan fingerprint density at radius 3 is 2.65 bits per heavy atom. The van der Waals surface area contributed by atoms with Gasteiger partial charge in [-0.3, -0.25) is 0 Å². The highest BCUT2D eigenvalue weighted by molar-refractivity contribution is 7.08. The fourth-order valence-corrected chi connectivity index (χ4v) is 2.87. The third-order valence-electron chi connectivity index (χ3n) is 2.64. The van der Waals surface area contributed by atoms with Gasteiger partial charge in [0.2, 0.25) is 0 Å². The smallest absolute Gasteiger partial charge is 0.136 e. The Kier molecular flexibility index (Phi) is 2.79. The van der Waals surface area contributed by atoms with Crippen LogP contribution in [0.2, 0.25) is 10.2 Å². The molecule has 2 heterocycles. The molecule has 0 amide bonds. The molecule has 0 aliphatic heterocycles. The average molecular weight is 280 g/mol. The Labute approximate surface area is 113 Å². The van der Waals surface area contributed by atoms with E-state index in [4.69, 9.17) is 23.2 Å². The normalized spacial score (nSPS) is 10.9. The maximum absolute atomic E-state index is 6.10. The van der Waals surface area contributed by atoms with Crippen LogP contribution in [0.5, 0.6) is 0 Å². The minimum Gasteiger partial charge on any atom is -0.242 e. The first-order chi connectivity index (χ1) is 8.25. The molecule has 0 aliphatic rings. The lowest BCUT2D eigenvalue weighted by Crippen LogP contribution is -1.82. The molecular weight excluding hydrogens is 273 g/mol. The van der Waals surface area contributed by atoms with Crippen molar-refractivity contribution in [2.45, 2.75) is 0 Å². The van der Waals surface area contributed by atoms with Crippen LogP contribution in [0.1, 0.15) is 0 Å². The van der Waals surface area contributed by atoms with Crippen LogP contribution >= 0.6 is 34.5 Å². The van der Waals surface area contributed by atoms with E-state index >= 15 is 0 Å². The fourth-order valence-electron chi connectivity index (χ4n) is 1.78. The number of halogens is 2. The highest BCUT2D eigenvalue weighted by Crippen LogP contribution is 2.32. The van der Waals surface area contributed by atoms with Crippen molar-refractivity contribution in [2.24, 2.45) is 0 Å². The maximum Gasteiger partial charge on any atom is 0.136 e. The van der Waals surface area contributed by atoms with Crippen LogP contribution in [0.15, 0.2) is 41.2 Å².